The Morgan fingerprint density at radius 2 is 2.21 bits per heavy atom. The molecule has 1 aliphatic rings. The SMILES string of the molecule is COC(=O)c1ccc(NC(C)=O)c(OC[C@@H]2CO2)c1. The van der Waals surface area contributed by atoms with Crippen molar-refractivity contribution in [2.75, 3.05) is 25.6 Å². The molecule has 1 aromatic rings. The Hall–Kier alpha value is -2.08. The van der Waals surface area contributed by atoms with Gasteiger partial charge in [0.1, 0.15) is 18.5 Å². The normalized spacial score (nSPS) is 16.6. The van der Waals surface area contributed by atoms with Crippen LogP contribution in [0.3, 0.4) is 0 Å². The fraction of sp³-hybridized carbons (Fsp3) is 0.385. The first-order valence-electron chi connectivity index (χ1n) is 5.84. The molecule has 1 N–H and O–H groups in total. The van der Waals surface area contributed by atoms with Crippen LogP contribution in [0.25, 0.3) is 0 Å². The molecular weight excluding hydrogens is 250 g/mol. The predicted octanol–water partition coefficient (Wildman–Crippen LogP) is 1.21. The molecular formula is C13H15NO5. The monoisotopic (exact) mass is 265 g/mol. The van der Waals surface area contributed by atoms with Crippen molar-refractivity contribution in [3.05, 3.63) is 23.8 Å². The lowest BCUT2D eigenvalue weighted by atomic mass is 10.2. The first-order chi connectivity index (χ1) is 9.10. The highest BCUT2D eigenvalue weighted by atomic mass is 16.6. The number of ether oxygens (including phenoxy) is 3. The van der Waals surface area contributed by atoms with Gasteiger partial charge >= 0.3 is 5.97 Å². The smallest absolute Gasteiger partial charge is 0.337 e. The van der Waals surface area contributed by atoms with Crippen molar-refractivity contribution in [1.82, 2.24) is 0 Å². The van der Waals surface area contributed by atoms with Gasteiger partial charge in [-0.05, 0) is 18.2 Å². The Bertz CT molecular complexity index is 496. The molecule has 0 unspecified atom stereocenters. The van der Waals surface area contributed by atoms with Crippen molar-refractivity contribution in [3.63, 3.8) is 0 Å². The van der Waals surface area contributed by atoms with Gasteiger partial charge in [0.25, 0.3) is 0 Å². The van der Waals surface area contributed by atoms with Gasteiger partial charge in [0, 0.05) is 6.92 Å². The van der Waals surface area contributed by atoms with Gasteiger partial charge in [-0.1, -0.05) is 0 Å². The molecule has 1 aliphatic heterocycles. The van der Waals surface area contributed by atoms with E-state index >= 15 is 0 Å². The number of carbonyl (C=O) groups excluding carboxylic acids is 2. The maximum atomic E-state index is 11.5. The zero-order valence-electron chi connectivity index (χ0n) is 10.8. The van der Waals surface area contributed by atoms with Crippen LogP contribution in [-0.2, 0) is 14.3 Å². The number of anilines is 1. The minimum absolute atomic E-state index is 0.0898. The molecule has 0 spiro atoms. The summed E-state index contributed by atoms with van der Waals surface area (Å²) in [5.74, 6) is -0.242. The molecule has 19 heavy (non-hydrogen) atoms. The first-order valence-corrected chi connectivity index (χ1v) is 5.84. The molecule has 6 heteroatoms. The summed E-state index contributed by atoms with van der Waals surface area (Å²) < 4.78 is 15.2. The Morgan fingerprint density at radius 3 is 2.79 bits per heavy atom. The Balaban J connectivity index is 2.19. The van der Waals surface area contributed by atoms with Gasteiger partial charge in [-0.15, -0.1) is 0 Å². The summed E-state index contributed by atoms with van der Waals surface area (Å²) in [6, 6.07) is 4.72. The van der Waals surface area contributed by atoms with Gasteiger partial charge in [0.15, 0.2) is 0 Å². The van der Waals surface area contributed by atoms with Crippen molar-refractivity contribution in [2.24, 2.45) is 0 Å². The van der Waals surface area contributed by atoms with Crippen LogP contribution in [0.2, 0.25) is 0 Å². The third-order valence-electron chi connectivity index (χ3n) is 2.54. The summed E-state index contributed by atoms with van der Waals surface area (Å²) in [7, 11) is 1.31. The molecule has 2 rings (SSSR count). The second-order valence-corrected chi connectivity index (χ2v) is 4.15. The van der Waals surface area contributed by atoms with Gasteiger partial charge in [0.2, 0.25) is 5.91 Å². The number of hydrogen-bond acceptors (Lipinski definition) is 5. The Kier molecular flexibility index (Phi) is 4.01. The van der Waals surface area contributed by atoms with Crippen molar-refractivity contribution in [1.29, 1.82) is 0 Å². The van der Waals surface area contributed by atoms with Crippen molar-refractivity contribution >= 4 is 17.6 Å². The number of benzene rings is 1. The maximum Gasteiger partial charge on any atom is 0.337 e. The van der Waals surface area contributed by atoms with Crippen LogP contribution < -0.4 is 10.1 Å². The lowest BCUT2D eigenvalue weighted by Crippen LogP contribution is -2.11. The number of epoxide rings is 1. The largest absolute Gasteiger partial charge is 0.489 e. The van der Waals surface area contributed by atoms with E-state index in [1.165, 1.54) is 14.0 Å². The standard InChI is InChI=1S/C13H15NO5/c1-8(15)14-11-4-3-9(13(16)17-2)5-12(11)19-7-10-6-18-10/h3-5,10H,6-7H2,1-2H3,(H,14,15)/t10-/m0/s1. The van der Waals surface area contributed by atoms with E-state index < -0.39 is 5.97 Å². The van der Waals surface area contributed by atoms with Crippen molar-refractivity contribution in [2.45, 2.75) is 13.0 Å². The van der Waals surface area contributed by atoms with E-state index in [2.05, 4.69) is 10.1 Å². The minimum Gasteiger partial charge on any atom is -0.489 e. The third-order valence-corrected chi connectivity index (χ3v) is 2.54. The van der Waals surface area contributed by atoms with Gasteiger partial charge in [-0.2, -0.15) is 0 Å². The van der Waals surface area contributed by atoms with E-state index in [0.717, 1.165) is 0 Å². The number of nitrogens with one attached hydrogen (secondary N) is 1. The van der Waals surface area contributed by atoms with Crippen LogP contribution in [0.4, 0.5) is 5.69 Å². The van der Waals surface area contributed by atoms with Gasteiger partial charge in [-0.25, -0.2) is 4.79 Å². The molecule has 1 heterocycles. The highest BCUT2D eigenvalue weighted by Crippen LogP contribution is 2.27. The predicted molar refractivity (Wildman–Crippen MR) is 67.3 cm³/mol. The van der Waals surface area contributed by atoms with Crippen molar-refractivity contribution in [3.8, 4) is 5.75 Å². The van der Waals surface area contributed by atoms with E-state index in [4.69, 9.17) is 9.47 Å². The number of methoxy groups -OCH3 is 1. The molecule has 0 aliphatic carbocycles. The highest BCUT2D eigenvalue weighted by molar-refractivity contribution is 5.94. The summed E-state index contributed by atoms with van der Waals surface area (Å²) in [6.07, 6.45) is 0.0898. The average molecular weight is 265 g/mol. The summed E-state index contributed by atoms with van der Waals surface area (Å²) in [6.45, 7) is 2.46. The van der Waals surface area contributed by atoms with Crippen LogP contribution in [0.15, 0.2) is 18.2 Å². The second kappa shape index (κ2) is 5.71. The number of rotatable bonds is 5. The van der Waals surface area contributed by atoms with E-state index in [9.17, 15) is 9.59 Å². The van der Waals surface area contributed by atoms with E-state index in [1.54, 1.807) is 18.2 Å². The van der Waals surface area contributed by atoms with E-state index in [0.29, 0.717) is 30.2 Å². The van der Waals surface area contributed by atoms with Gasteiger partial charge < -0.3 is 19.5 Å². The fourth-order valence-corrected chi connectivity index (χ4v) is 1.53. The van der Waals surface area contributed by atoms with Crippen LogP contribution in [0, 0.1) is 0 Å². The summed E-state index contributed by atoms with van der Waals surface area (Å²) in [4.78, 5) is 22.6. The molecule has 0 aromatic heterocycles. The highest BCUT2D eigenvalue weighted by Gasteiger charge is 2.24. The van der Waals surface area contributed by atoms with Crippen LogP contribution in [0.5, 0.6) is 5.75 Å². The molecule has 1 amide bonds. The lowest BCUT2D eigenvalue weighted by molar-refractivity contribution is -0.114. The van der Waals surface area contributed by atoms with E-state index in [-0.39, 0.29) is 12.0 Å². The molecule has 102 valence electrons. The average Bonchev–Trinajstić information content (AvgIpc) is 3.20. The van der Waals surface area contributed by atoms with E-state index in [1.807, 2.05) is 0 Å². The van der Waals surface area contributed by atoms with Gasteiger partial charge in [-0.3, -0.25) is 4.79 Å². The molecule has 0 radical (unpaired) electrons. The number of carbonyl (C=O) groups is 2. The zero-order valence-corrected chi connectivity index (χ0v) is 10.8. The summed E-state index contributed by atoms with van der Waals surface area (Å²) in [5, 5.41) is 2.64. The quantitative estimate of drug-likeness (QED) is 0.639. The summed E-state index contributed by atoms with van der Waals surface area (Å²) in [5.41, 5.74) is 0.879. The van der Waals surface area contributed by atoms with Crippen LogP contribution in [0.1, 0.15) is 17.3 Å². The summed E-state index contributed by atoms with van der Waals surface area (Å²) >= 11 is 0. The molecule has 0 saturated carbocycles. The van der Waals surface area contributed by atoms with Crippen LogP contribution in [-0.4, -0.2) is 38.3 Å². The lowest BCUT2D eigenvalue weighted by Gasteiger charge is -2.12. The molecule has 6 nitrogen and oxygen atoms in total. The Morgan fingerprint density at radius 1 is 1.47 bits per heavy atom. The Labute approximate surface area is 110 Å². The molecule has 0 bridgehead atoms. The number of hydrogen-bond donors (Lipinski definition) is 1. The third kappa shape index (κ3) is 3.69. The number of esters is 1. The molecule has 1 fully saturated rings. The first kappa shape index (κ1) is 13.4. The number of amides is 1. The van der Waals surface area contributed by atoms with Crippen molar-refractivity contribution < 1.29 is 23.8 Å². The topological polar surface area (TPSA) is 77.2 Å². The minimum atomic E-state index is -0.457. The maximum absolute atomic E-state index is 11.5. The van der Waals surface area contributed by atoms with Gasteiger partial charge in [0.05, 0.1) is 25.0 Å². The second-order valence-electron chi connectivity index (χ2n) is 4.15. The van der Waals surface area contributed by atoms with Crippen LogP contribution >= 0.6 is 0 Å². The zero-order chi connectivity index (χ0) is 13.8. The molecule has 1 atom stereocenters. The molecule has 1 saturated heterocycles. The molecule has 1 aromatic carbocycles. The fourth-order valence-electron chi connectivity index (χ4n) is 1.53.